The fourth-order valence-corrected chi connectivity index (χ4v) is 13.3. The summed E-state index contributed by atoms with van der Waals surface area (Å²) >= 11 is 6.35. The van der Waals surface area contributed by atoms with Gasteiger partial charge in [-0.2, -0.15) is 0 Å². The minimum atomic E-state index is -4.64. The van der Waals surface area contributed by atoms with Gasteiger partial charge in [-0.05, 0) is 116 Å². The Hall–Kier alpha value is -9.43. The number of aromatic nitrogens is 2. The van der Waals surface area contributed by atoms with Crippen molar-refractivity contribution >= 4 is 90.9 Å². The number of amides is 6. The Bertz CT molecular complexity index is 4090. The lowest BCUT2D eigenvalue weighted by Gasteiger charge is -2.39. The molecule has 1 atom stereocenters. The Morgan fingerprint density at radius 1 is 0.813 bits per heavy atom. The van der Waals surface area contributed by atoms with Gasteiger partial charge in [-0.25, -0.2) is 18.1 Å². The SMILES string of the molecule is O=C1CCC(N2C(=O)c3cccc(NCCCCC(=O)N4CC(COc5cccc(-c6ccc(Cl)cc6)c5CN5CCN(c6ccc(C(=O)NS(=O)(=O)c7ccc(NCC8CCOCC8)c([N+](=O)[O-])c7)c(Oc7cnc8[nH]ccc8c7)c6)CC5)C4)c3C2=O)C(=O)N1. The second-order valence-electron chi connectivity index (χ2n) is 23.3. The van der Waals surface area contributed by atoms with Crippen LogP contribution in [0.4, 0.5) is 22.7 Å². The van der Waals surface area contributed by atoms with Crippen LogP contribution in [0.2, 0.25) is 5.02 Å². The number of anilines is 3. The molecule has 26 heteroatoms. The van der Waals surface area contributed by atoms with Gasteiger partial charge in [0, 0.05) is 137 Å². The maximum atomic E-state index is 14.1. The summed E-state index contributed by atoms with van der Waals surface area (Å²) in [6.45, 7) is 6.53. The van der Waals surface area contributed by atoms with Crippen molar-refractivity contribution < 1.29 is 56.3 Å². The molecule has 0 spiro atoms. The third-order valence-corrected chi connectivity index (χ3v) is 18.8. The lowest BCUT2D eigenvalue weighted by atomic mass is 9.97. The van der Waals surface area contributed by atoms with Gasteiger partial charge >= 0.3 is 0 Å². The zero-order valence-electron chi connectivity index (χ0n) is 49.5. The summed E-state index contributed by atoms with van der Waals surface area (Å²) in [5, 5.41) is 22.1. The second kappa shape index (κ2) is 27.0. The number of halogens is 1. The number of hydrogen-bond donors (Lipinski definition) is 5. The molecule has 4 saturated heterocycles. The molecule has 1 unspecified atom stereocenters. The number of ether oxygens (including phenoxy) is 3. The van der Waals surface area contributed by atoms with Crippen LogP contribution in [0.25, 0.3) is 22.2 Å². The van der Waals surface area contributed by atoms with E-state index in [1.54, 1.807) is 42.6 Å². The van der Waals surface area contributed by atoms with E-state index < -0.39 is 61.1 Å². The lowest BCUT2D eigenvalue weighted by molar-refractivity contribution is -0.384. The van der Waals surface area contributed by atoms with Gasteiger partial charge in [0.1, 0.15) is 34.6 Å². The molecule has 0 radical (unpaired) electrons. The van der Waals surface area contributed by atoms with Gasteiger partial charge in [0.25, 0.3) is 33.4 Å². The van der Waals surface area contributed by atoms with Gasteiger partial charge in [0.15, 0.2) is 0 Å². The van der Waals surface area contributed by atoms with Crippen LogP contribution >= 0.6 is 11.6 Å². The number of aromatic amines is 1. The first kappa shape index (κ1) is 61.8. The molecule has 0 aliphatic carbocycles. The van der Waals surface area contributed by atoms with Crippen LogP contribution in [0.15, 0.2) is 126 Å². The van der Waals surface area contributed by atoms with E-state index in [-0.39, 0.29) is 58.7 Å². The molecule has 5 aromatic carbocycles. The number of piperazine rings is 1. The molecule has 91 heavy (non-hydrogen) atoms. The molecular weight excluding hydrogens is 1210 g/mol. The van der Waals surface area contributed by atoms with Gasteiger partial charge in [-0.3, -0.25) is 54.0 Å². The van der Waals surface area contributed by atoms with Crippen LogP contribution in [0, 0.1) is 22.0 Å². The molecule has 4 fully saturated rings. The third-order valence-electron chi connectivity index (χ3n) is 17.2. The number of carbonyl (C=O) groups excluding carboxylic acids is 6. The molecule has 0 saturated carbocycles. The maximum absolute atomic E-state index is 14.1. The quantitative estimate of drug-likeness (QED) is 0.0174. The highest BCUT2D eigenvalue weighted by Crippen LogP contribution is 2.38. The van der Waals surface area contributed by atoms with E-state index in [0.29, 0.717) is 126 Å². The van der Waals surface area contributed by atoms with Gasteiger partial charge in [-0.15, -0.1) is 0 Å². The van der Waals surface area contributed by atoms with Crippen molar-refractivity contribution in [3.8, 4) is 28.4 Å². The Balaban J connectivity index is 0.666. The van der Waals surface area contributed by atoms with E-state index in [9.17, 15) is 47.3 Å². The Kier molecular flexibility index (Phi) is 18.3. The first-order chi connectivity index (χ1) is 44.0. The monoisotopic (exact) mass is 1280 g/mol. The fraction of sp³-hybridized carbons (Fsp3) is 0.338. The minimum Gasteiger partial charge on any atom is -0.493 e. The number of piperidine rings is 1. The number of nitro benzene ring substituents is 1. The van der Waals surface area contributed by atoms with Crippen molar-refractivity contribution in [2.24, 2.45) is 11.8 Å². The molecule has 5 aliphatic rings. The summed E-state index contributed by atoms with van der Waals surface area (Å²) in [6, 6.07) is 29.5. The highest BCUT2D eigenvalue weighted by molar-refractivity contribution is 7.90. The number of imide groups is 2. The summed E-state index contributed by atoms with van der Waals surface area (Å²) in [4.78, 5) is 104. The van der Waals surface area contributed by atoms with Crippen molar-refractivity contribution in [2.45, 2.75) is 62.4 Å². The lowest BCUT2D eigenvalue weighted by Crippen LogP contribution is -2.54. The standard InChI is InChI=1S/C65H66ClN11O13S/c66-44-12-10-42(11-13-44)48-5-4-8-56(89-39-41-36-75(37-41)59(79)9-1-2-23-67-53-7-3-6-50-60(53)65(83)76(64(50)82)54-18-19-58(78)71-63(54)81)51(48)38-73-25-27-74(28-26-73)45-14-16-49(57(32-45)90-46-31-43-20-24-68-61(43)70-35-46)62(80)72-91(86,87)47-15-17-52(55(33-47)77(84)85)69-34-40-21-29-88-30-22-40/h3-8,10-17,20,24,31-33,35,40-41,54,67,69H,1-2,9,18-19,21-23,25-30,34,36-39H2,(H,68,70)(H,72,80)(H,71,78,81). The van der Waals surface area contributed by atoms with E-state index in [1.165, 1.54) is 24.4 Å². The summed E-state index contributed by atoms with van der Waals surface area (Å²) in [5.41, 5.74) is 4.73. The number of sulfonamides is 1. The van der Waals surface area contributed by atoms with Crippen LogP contribution < -0.4 is 35.0 Å². The van der Waals surface area contributed by atoms with Crippen molar-refractivity contribution in [2.75, 3.05) is 87.7 Å². The van der Waals surface area contributed by atoms with Crippen molar-refractivity contribution in [1.82, 2.24) is 34.7 Å². The number of nitro groups is 1. The molecule has 12 rings (SSSR count). The fourth-order valence-electron chi connectivity index (χ4n) is 12.2. The average Bonchev–Trinajstić information content (AvgIpc) is 1.65. The zero-order chi connectivity index (χ0) is 63.3. The Morgan fingerprint density at radius 3 is 2.37 bits per heavy atom. The Morgan fingerprint density at radius 2 is 1.59 bits per heavy atom. The molecule has 6 amide bonds. The highest BCUT2D eigenvalue weighted by Gasteiger charge is 2.46. The van der Waals surface area contributed by atoms with E-state index in [1.807, 2.05) is 47.4 Å². The molecule has 7 aromatic rings. The minimum absolute atomic E-state index is 0.0301. The van der Waals surface area contributed by atoms with Crippen LogP contribution in [-0.2, 0) is 35.7 Å². The molecule has 0 bridgehead atoms. The molecule has 24 nitrogen and oxygen atoms in total. The van der Waals surface area contributed by atoms with Gasteiger partial charge in [-0.1, -0.05) is 41.9 Å². The molecule has 5 aliphatic heterocycles. The van der Waals surface area contributed by atoms with Crippen LogP contribution in [0.3, 0.4) is 0 Å². The zero-order valence-corrected chi connectivity index (χ0v) is 51.1. The van der Waals surface area contributed by atoms with E-state index in [4.69, 9.17) is 25.8 Å². The number of hydrogen-bond acceptors (Lipinski definition) is 18. The Labute approximate surface area is 528 Å². The van der Waals surface area contributed by atoms with Crippen LogP contribution in [0.1, 0.15) is 81.6 Å². The number of benzene rings is 5. The van der Waals surface area contributed by atoms with E-state index >= 15 is 0 Å². The number of H-pyrrole nitrogens is 1. The predicted molar refractivity (Wildman–Crippen MR) is 338 cm³/mol. The van der Waals surface area contributed by atoms with Crippen LogP contribution in [-0.4, -0.2) is 152 Å². The van der Waals surface area contributed by atoms with Gasteiger partial charge in [0.05, 0.1) is 39.3 Å². The van der Waals surface area contributed by atoms with Crippen molar-refractivity contribution in [3.05, 3.63) is 159 Å². The van der Waals surface area contributed by atoms with Crippen LogP contribution in [0.5, 0.6) is 17.2 Å². The second-order valence-corrected chi connectivity index (χ2v) is 25.4. The number of nitrogens with one attached hydrogen (secondary N) is 5. The average molecular weight is 1280 g/mol. The van der Waals surface area contributed by atoms with Gasteiger partial charge in [0.2, 0.25) is 17.7 Å². The number of rotatable bonds is 23. The first-order valence-electron chi connectivity index (χ1n) is 30.3. The highest BCUT2D eigenvalue weighted by atomic mass is 35.5. The van der Waals surface area contributed by atoms with Crippen molar-refractivity contribution in [1.29, 1.82) is 0 Å². The largest absolute Gasteiger partial charge is 0.493 e. The number of pyridine rings is 1. The smallest absolute Gasteiger partial charge is 0.293 e. The molecule has 472 valence electrons. The van der Waals surface area contributed by atoms with Gasteiger partial charge < -0.3 is 39.6 Å². The first-order valence-corrected chi connectivity index (χ1v) is 32.2. The summed E-state index contributed by atoms with van der Waals surface area (Å²) in [7, 11) is -4.64. The molecule has 5 N–H and O–H groups in total. The normalized spacial score (nSPS) is 17.4. The topological polar surface area (TPSA) is 297 Å². The predicted octanol–water partition coefficient (Wildman–Crippen LogP) is 8.38. The summed E-state index contributed by atoms with van der Waals surface area (Å²) in [5.74, 6) is -1.82. The number of unbranched alkanes of at least 4 members (excludes halogenated alkanes) is 1. The summed E-state index contributed by atoms with van der Waals surface area (Å²) in [6.07, 6.45) is 6.45. The summed E-state index contributed by atoms with van der Waals surface area (Å²) < 4.78 is 48.3. The maximum Gasteiger partial charge on any atom is 0.293 e. The van der Waals surface area contributed by atoms with Crippen molar-refractivity contribution in [3.63, 3.8) is 0 Å². The number of likely N-dealkylation sites (tertiary alicyclic amines) is 1. The molecular formula is C65H66ClN11O13S. The van der Waals surface area contributed by atoms with E-state index in [0.717, 1.165) is 51.6 Å². The number of fused-ring (bicyclic) bond motifs is 2. The number of carbonyl (C=O) groups is 6. The van der Waals surface area contributed by atoms with E-state index in [2.05, 4.69) is 46.5 Å². The molecule has 2 aromatic heterocycles. The number of nitrogens with zero attached hydrogens (tertiary/aromatic N) is 6. The molecule has 7 heterocycles. The third kappa shape index (κ3) is 13.8.